The Morgan fingerprint density at radius 1 is 1.31 bits per heavy atom. The fourth-order valence-corrected chi connectivity index (χ4v) is 5.18. The number of carbonyl (C=O) groups is 1. The van der Waals surface area contributed by atoms with Crippen molar-refractivity contribution in [1.29, 1.82) is 0 Å². The van der Waals surface area contributed by atoms with Gasteiger partial charge in [0.25, 0.3) is 5.56 Å². The quantitative estimate of drug-likeness (QED) is 0.392. The molecule has 0 aliphatic heterocycles. The first kappa shape index (κ1) is 19.3. The lowest BCUT2D eigenvalue weighted by Gasteiger charge is -2.12. The molecule has 1 N–H and O–H groups in total. The van der Waals surface area contributed by atoms with E-state index in [4.69, 9.17) is 14.5 Å². The highest BCUT2D eigenvalue weighted by Gasteiger charge is 2.23. The van der Waals surface area contributed by atoms with Crippen LogP contribution in [0.1, 0.15) is 16.9 Å². The highest BCUT2D eigenvalue weighted by Crippen LogP contribution is 2.35. The van der Waals surface area contributed by atoms with Gasteiger partial charge in [0.15, 0.2) is 5.16 Å². The Labute approximate surface area is 160 Å². The van der Waals surface area contributed by atoms with Crippen molar-refractivity contribution in [3.05, 3.63) is 20.8 Å². The molecular formula is C17H23N3O4S2. The van der Waals surface area contributed by atoms with Gasteiger partial charge >= 0.3 is 0 Å². The Kier molecular flexibility index (Phi) is 6.68. The van der Waals surface area contributed by atoms with E-state index in [1.165, 1.54) is 22.2 Å². The van der Waals surface area contributed by atoms with E-state index in [1.807, 2.05) is 0 Å². The van der Waals surface area contributed by atoms with Gasteiger partial charge in [0.2, 0.25) is 5.91 Å². The molecule has 26 heavy (non-hydrogen) atoms. The Balaban J connectivity index is 1.86. The van der Waals surface area contributed by atoms with Gasteiger partial charge in [-0.15, -0.1) is 11.3 Å². The van der Waals surface area contributed by atoms with Gasteiger partial charge in [-0.25, -0.2) is 4.98 Å². The number of ether oxygens (including phenoxy) is 2. The lowest BCUT2D eigenvalue weighted by atomic mass is 10.2. The largest absolute Gasteiger partial charge is 0.383 e. The van der Waals surface area contributed by atoms with Crippen LogP contribution in [0, 0.1) is 0 Å². The van der Waals surface area contributed by atoms with Crippen LogP contribution >= 0.6 is 23.1 Å². The molecule has 0 radical (unpaired) electrons. The normalized spacial score (nSPS) is 13.3. The monoisotopic (exact) mass is 397 g/mol. The van der Waals surface area contributed by atoms with E-state index in [0.29, 0.717) is 31.5 Å². The predicted octanol–water partition coefficient (Wildman–Crippen LogP) is 1.45. The molecule has 0 spiro atoms. The van der Waals surface area contributed by atoms with Crippen LogP contribution in [0.4, 0.5) is 0 Å². The van der Waals surface area contributed by atoms with Crippen molar-refractivity contribution in [2.24, 2.45) is 0 Å². The lowest BCUT2D eigenvalue weighted by molar-refractivity contribution is -0.118. The molecule has 0 unspecified atom stereocenters. The Hall–Kier alpha value is -1.42. The van der Waals surface area contributed by atoms with E-state index < -0.39 is 0 Å². The van der Waals surface area contributed by atoms with Crippen LogP contribution in [0.15, 0.2) is 9.95 Å². The van der Waals surface area contributed by atoms with E-state index in [1.54, 1.807) is 30.1 Å². The number of thiophene rings is 1. The summed E-state index contributed by atoms with van der Waals surface area (Å²) in [5.41, 5.74) is 1.15. The van der Waals surface area contributed by atoms with Crippen LogP contribution in [-0.4, -0.2) is 55.2 Å². The van der Waals surface area contributed by atoms with E-state index in [2.05, 4.69) is 5.32 Å². The molecule has 2 heterocycles. The maximum Gasteiger partial charge on any atom is 0.263 e. The molecule has 0 saturated carbocycles. The van der Waals surface area contributed by atoms with Gasteiger partial charge in [-0.2, -0.15) is 0 Å². The first-order chi connectivity index (χ1) is 12.7. The molecule has 1 aliphatic carbocycles. The molecule has 1 amide bonds. The summed E-state index contributed by atoms with van der Waals surface area (Å²) >= 11 is 2.90. The number of hydrogen-bond acceptors (Lipinski definition) is 7. The smallest absolute Gasteiger partial charge is 0.263 e. The molecule has 0 fully saturated rings. The molecule has 9 heteroatoms. The Morgan fingerprint density at radius 2 is 2.12 bits per heavy atom. The van der Waals surface area contributed by atoms with E-state index >= 15 is 0 Å². The molecule has 2 aromatic rings. The second-order valence-electron chi connectivity index (χ2n) is 6.01. The van der Waals surface area contributed by atoms with E-state index in [-0.39, 0.29) is 17.2 Å². The van der Waals surface area contributed by atoms with Crippen molar-refractivity contribution in [1.82, 2.24) is 14.9 Å². The number of nitrogens with zero attached hydrogens (tertiary/aromatic N) is 2. The number of carbonyl (C=O) groups excluding carboxylic acids is 1. The minimum absolute atomic E-state index is 0.0197. The van der Waals surface area contributed by atoms with Crippen LogP contribution in [0.25, 0.3) is 10.2 Å². The predicted molar refractivity (Wildman–Crippen MR) is 103 cm³/mol. The van der Waals surface area contributed by atoms with Gasteiger partial charge < -0.3 is 14.8 Å². The van der Waals surface area contributed by atoms with Crippen LogP contribution < -0.4 is 10.9 Å². The highest BCUT2D eigenvalue weighted by molar-refractivity contribution is 7.99. The van der Waals surface area contributed by atoms with Gasteiger partial charge in [0.1, 0.15) is 4.83 Å². The molecule has 7 nitrogen and oxygen atoms in total. The number of methoxy groups -OCH3 is 2. The van der Waals surface area contributed by atoms with Crippen LogP contribution in [0.3, 0.4) is 0 Å². The summed E-state index contributed by atoms with van der Waals surface area (Å²) in [7, 11) is 3.20. The molecule has 0 saturated heterocycles. The Morgan fingerprint density at radius 3 is 2.88 bits per heavy atom. The van der Waals surface area contributed by atoms with Crippen LogP contribution in [0.2, 0.25) is 0 Å². The summed E-state index contributed by atoms with van der Waals surface area (Å²) < 4.78 is 11.7. The number of rotatable bonds is 9. The van der Waals surface area contributed by atoms with Crippen molar-refractivity contribution in [2.75, 3.05) is 39.7 Å². The van der Waals surface area contributed by atoms with E-state index in [9.17, 15) is 9.59 Å². The minimum Gasteiger partial charge on any atom is -0.383 e. The molecule has 142 valence electrons. The zero-order valence-corrected chi connectivity index (χ0v) is 16.6. The summed E-state index contributed by atoms with van der Waals surface area (Å²) in [6.45, 7) is 1.79. The number of amides is 1. The van der Waals surface area contributed by atoms with Crippen molar-refractivity contribution in [3.8, 4) is 0 Å². The zero-order chi connectivity index (χ0) is 18.5. The summed E-state index contributed by atoms with van der Waals surface area (Å²) in [5, 5.41) is 4.11. The lowest BCUT2D eigenvalue weighted by Crippen LogP contribution is -2.29. The second-order valence-corrected chi connectivity index (χ2v) is 8.04. The number of aromatic nitrogens is 2. The average Bonchev–Trinajstić information content (AvgIpc) is 3.20. The van der Waals surface area contributed by atoms with Crippen LogP contribution in [0.5, 0.6) is 0 Å². The number of hydrogen-bond donors (Lipinski definition) is 1. The molecule has 3 rings (SSSR count). The van der Waals surface area contributed by atoms with Gasteiger partial charge in [-0.05, 0) is 24.8 Å². The first-order valence-corrected chi connectivity index (χ1v) is 10.4. The van der Waals surface area contributed by atoms with Crippen molar-refractivity contribution < 1.29 is 14.3 Å². The maximum absolute atomic E-state index is 13.1. The third kappa shape index (κ3) is 4.11. The molecular weight excluding hydrogens is 374 g/mol. The molecule has 0 aromatic carbocycles. The van der Waals surface area contributed by atoms with Gasteiger partial charge in [-0.3, -0.25) is 14.2 Å². The number of aryl methyl sites for hydroxylation is 2. The number of fused-ring (bicyclic) bond motifs is 3. The number of nitrogens with one attached hydrogen (secondary N) is 1. The van der Waals surface area contributed by atoms with Crippen molar-refractivity contribution >= 4 is 39.2 Å². The average molecular weight is 398 g/mol. The molecule has 2 aromatic heterocycles. The van der Waals surface area contributed by atoms with Crippen molar-refractivity contribution in [3.63, 3.8) is 0 Å². The summed E-state index contributed by atoms with van der Waals surface area (Å²) in [5.74, 6) is 0.105. The van der Waals surface area contributed by atoms with Gasteiger partial charge in [0, 0.05) is 25.6 Å². The zero-order valence-electron chi connectivity index (χ0n) is 15.0. The third-order valence-corrected chi connectivity index (χ3v) is 6.43. The summed E-state index contributed by atoms with van der Waals surface area (Å²) in [6.07, 6.45) is 3.08. The number of thioether (sulfide) groups is 1. The standard InChI is InChI=1S/C17H23N3O4S2/c1-23-8-6-18-13(21)10-25-17-19-15-14(11-4-3-5-12(11)26-15)16(22)20(17)7-9-24-2/h3-10H2,1-2H3,(H,18,21). The third-order valence-electron chi connectivity index (χ3n) is 4.27. The topological polar surface area (TPSA) is 82.5 Å². The highest BCUT2D eigenvalue weighted by atomic mass is 32.2. The molecule has 0 bridgehead atoms. The van der Waals surface area contributed by atoms with Gasteiger partial charge in [-0.1, -0.05) is 11.8 Å². The first-order valence-electron chi connectivity index (χ1n) is 8.58. The summed E-state index contributed by atoms with van der Waals surface area (Å²) in [6, 6.07) is 0. The second kappa shape index (κ2) is 8.98. The molecule has 0 atom stereocenters. The maximum atomic E-state index is 13.1. The molecule has 1 aliphatic rings. The minimum atomic E-state index is -0.103. The summed E-state index contributed by atoms with van der Waals surface area (Å²) in [4.78, 5) is 31.8. The van der Waals surface area contributed by atoms with Crippen LogP contribution in [-0.2, 0) is 33.7 Å². The fraction of sp³-hybridized carbons (Fsp3) is 0.588. The SMILES string of the molecule is COCCNC(=O)CSc1nc2sc3c(c2c(=O)n1CCOC)CCC3. The van der Waals surface area contributed by atoms with E-state index in [0.717, 1.165) is 29.5 Å². The fourth-order valence-electron chi connectivity index (χ4n) is 3.02. The van der Waals surface area contributed by atoms with Crippen molar-refractivity contribution in [2.45, 2.75) is 31.0 Å². The van der Waals surface area contributed by atoms with Gasteiger partial charge in [0.05, 0.1) is 30.9 Å². The Bertz CT molecular complexity index is 847.